The fourth-order valence-electron chi connectivity index (χ4n) is 3.16. The first-order valence-electron chi connectivity index (χ1n) is 7.28. The van der Waals surface area contributed by atoms with E-state index >= 15 is 0 Å². The third-order valence-electron chi connectivity index (χ3n) is 4.29. The summed E-state index contributed by atoms with van der Waals surface area (Å²) in [5, 5.41) is 9.55. The lowest BCUT2D eigenvalue weighted by molar-refractivity contribution is -0.139. The molecular weight excluding hydrogens is 254 g/mol. The minimum absolute atomic E-state index is 0.457. The van der Waals surface area contributed by atoms with Gasteiger partial charge < -0.3 is 15.6 Å². The number of carboxylic acids is 1. The van der Waals surface area contributed by atoms with E-state index in [-0.39, 0.29) is 0 Å². The average Bonchev–Trinajstić information content (AvgIpc) is 2.46. The smallest absolute Gasteiger partial charge is 0.311 e. The summed E-state index contributed by atoms with van der Waals surface area (Å²) < 4.78 is 5.19. The van der Waals surface area contributed by atoms with E-state index in [0.29, 0.717) is 29.3 Å². The molecule has 2 rings (SSSR count). The molecule has 3 N–H and O–H groups in total. The highest BCUT2D eigenvalue weighted by Gasteiger charge is 2.27. The number of aliphatic carboxylic acids is 1. The van der Waals surface area contributed by atoms with E-state index in [1.165, 1.54) is 19.3 Å². The van der Waals surface area contributed by atoms with Gasteiger partial charge >= 0.3 is 5.97 Å². The van der Waals surface area contributed by atoms with Crippen LogP contribution in [0.5, 0.6) is 5.75 Å². The molecule has 0 amide bonds. The second kappa shape index (κ2) is 6.64. The molecule has 1 aliphatic carbocycles. The highest BCUT2D eigenvalue weighted by molar-refractivity contribution is 5.79. The van der Waals surface area contributed by atoms with E-state index in [9.17, 15) is 9.90 Å². The Balaban J connectivity index is 2.21. The number of hydrogen-bond acceptors (Lipinski definition) is 3. The van der Waals surface area contributed by atoms with Crippen LogP contribution < -0.4 is 10.5 Å². The Kier molecular flexibility index (Phi) is 4.88. The third-order valence-corrected chi connectivity index (χ3v) is 4.29. The Morgan fingerprint density at radius 2 is 2.10 bits per heavy atom. The van der Waals surface area contributed by atoms with Crippen LogP contribution in [-0.4, -0.2) is 18.2 Å². The molecule has 110 valence electrons. The maximum atomic E-state index is 11.6. The molecule has 4 heteroatoms. The van der Waals surface area contributed by atoms with Crippen LogP contribution in [0.15, 0.2) is 18.2 Å². The number of methoxy groups -OCH3 is 1. The SMILES string of the molecule is COc1cccc(C(CC2CCCCC2)C(=O)O)c1N. The topological polar surface area (TPSA) is 72.5 Å². The summed E-state index contributed by atoms with van der Waals surface area (Å²) in [6, 6.07) is 5.37. The first kappa shape index (κ1) is 14.7. The number of nitrogen functional groups attached to an aromatic ring is 1. The first-order valence-corrected chi connectivity index (χ1v) is 7.28. The lowest BCUT2D eigenvalue weighted by atomic mass is 9.80. The van der Waals surface area contributed by atoms with Crippen molar-refractivity contribution in [3.63, 3.8) is 0 Å². The van der Waals surface area contributed by atoms with Crippen molar-refractivity contribution in [2.75, 3.05) is 12.8 Å². The number of ether oxygens (including phenoxy) is 1. The van der Waals surface area contributed by atoms with Gasteiger partial charge in [0.05, 0.1) is 18.7 Å². The average molecular weight is 277 g/mol. The Hall–Kier alpha value is -1.71. The van der Waals surface area contributed by atoms with Crippen molar-refractivity contribution < 1.29 is 14.6 Å². The van der Waals surface area contributed by atoms with E-state index in [0.717, 1.165) is 12.8 Å². The molecule has 0 spiro atoms. The maximum absolute atomic E-state index is 11.6. The van der Waals surface area contributed by atoms with Crippen LogP contribution in [0, 0.1) is 5.92 Å². The summed E-state index contributed by atoms with van der Waals surface area (Å²) in [5.41, 5.74) is 7.19. The molecule has 1 unspecified atom stereocenters. The van der Waals surface area contributed by atoms with Gasteiger partial charge in [0.1, 0.15) is 5.75 Å². The molecule has 1 saturated carbocycles. The number of para-hydroxylation sites is 1. The van der Waals surface area contributed by atoms with Gasteiger partial charge in [-0.05, 0) is 24.0 Å². The Bertz CT molecular complexity index is 467. The van der Waals surface area contributed by atoms with Gasteiger partial charge in [-0.2, -0.15) is 0 Å². The van der Waals surface area contributed by atoms with Gasteiger partial charge in [-0.25, -0.2) is 0 Å². The summed E-state index contributed by atoms with van der Waals surface area (Å²) in [4.78, 5) is 11.6. The molecule has 1 atom stereocenters. The second-order valence-electron chi connectivity index (χ2n) is 5.59. The summed E-state index contributed by atoms with van der Waals surface area (Å²) >= 11 is 0. The van der Waals surface area contributed by atoms with E-state index in [2.05, 4.69) is 0 Å². The molecule has 1 aromatic rings. The summed E-state index contributed by atoms with van der Waals surface area (Å²) in [5.74, 6) is -0.281. The minimum Gasteiger partial charge on any atom is -0.495 e. The van der Waals surface area contributed by atoms with Crippen molar-refractivity contribution in [3.8, 4) is 5.75 Å². The molecule has 1 aliphatic rings. The second-order valence-corrected chi connectivity index (χ2v) is 5.59. The largest absolute Gasteiger partial charge is 0.495 e. The molecule has 0 radical (unpaired) electrons. The van der Waals surface area contributed by atoms with Crippen LogP contribution in [0.1, 0.15) is 50.0 Å². The minimum atomic E-state index is -0.796. The number of carboxylic acid groups (broad SMARTS) is 1. The molecule has 20 heavy (non-hydrogen) atoms. The zero-order valence-corrected chi connectivity index (χ0v) is 12.0. The number of hydrogen-bond donors (Lipinski definition) is 2. The van der Waals surface area contributed by atoms with Crippen molar-refractivity contribution in [3.05, 3.63) is 23.8 Å². The predicted molar refractivity (Wildman–Crippen MR) is 79.0 cm³/mol. The Morgan fingerprint density at radius 1 is 1.40 bits per heavy atom. The molecule has 0 bridgehead atoms. The van der Waals surface area contributed by atoms with Crippen molar-refractivity contribution in [2.24, 2.45) is 5.92 Å². The zero-order valence-electron chi connectivity index (χ0n) is 12.0. The van der Waals surface area contributed by atoms with Gasteiger partial charge in [0.2, 0.25) is 0 Å². The van der Waals surface area contributed by atoms with E-state index < -0.39 is 11.9 Å². The third kappa shape index (κ3) is 3.24. The molecule has 4 nitrogen and oxygen atoms in total. The first-order chi connectivity index (χ1) is 9.63. The molecule has 0 aliphatic heterocycles. The number of anilines is 1. The van der Waals surface area contributed by atoms with Crippen molar-refractivity contribution in [1.29, 1.82) is 0 Å². The number of rotatable bonds is 5. The predicted octanol–water partition coefficient (Wildman–Crippen LogP) is 3.42. The molecule has 0 aromatic heterocycles. The highest BCUT2D eigenvalue weighted by atomic mass is 16.5. The van der Waals surface area contributed by atoms with Gasteiger partial charge in [-0.3, -0.25) is 4.79 Å². The van der Waals surface area contributed by atoms with E-state index in [1.807, 2.05) is 0 Å². The monoisotopic (exact) mass is 277 g/mol. The lowest BCUT2D eigenvalue weighted by Crippen LogP contribution is -2.19. The summed E-state index contributed by atoms with van der Waals surface area (Å²) in [6.07, 6.45) is 6.64. The fraction of sp³-hybridized carbons (Fsp3) is 0.562. The molecule has 0 saturated heterocycles. The maximum Gasteiger partial charge on any atom is 0.311 e. The van der Waals surface area contributed by atoms with Gasteiger partial charge in [-0.15, -0.1) is 0 Å². The Labute approximate surface area is 119 Å². The van der Waals surface area contributed by atoms with Crippen LogP contribution in [0.3, 0.4) is 0 Å². The molecule has 1 fully saturated rings. The van der Waals surface area contributed by atoms with Gasteiger partial charge in [0.25, 0.3) is 0 Å². The van der Waals surface area contributed by atoms with Crippen molar-refractivity contribution in [1.82, 2.24) is 0 Å². The fourth-order valence-corrected chi connectivity index (χ4v) is 3.16. The van der Waals surface area contributed by atoms with Gasteiger partial charge in [0.15, 0.2) is 0 Å². The summed E-state index contributed by atoms with van der Waals surface area (Å²) in [6.45, 7) is 0. The van der Waals surface area contributed by atoms with Gasteiger partial charge in [-0.1, -0.05) is 44.2 Å². The molecular formula is C16H23NO3. The quantitative estimate of drug-likeness (QED) is 0.809. The van der Waals surface area contributed by atoms with E-state index in [4.69, 9.17) is 10.5 Å². The highest BCUT2D eigenvalue weighted by Crippen LogP contribution is 2.37. The van der Waals surface area contributed by atoms with Gasteiger partial charge in [0, 0.05) is 0 Å². The molecule has 0 heterocycles. The lowest BCUT2D eigenvalue weighted by Gasteiger charge is -2.25. The van der Waals surface area contributed by atoms with Crippen LogP contribution in [0.4, 0.5) is 5.69 Å². The number of carbonyl (C=O) groups is 1. The van der Waals surface area contributed by atoms with Crippen LogP contribution in [0.25, 0.3) is 0 Å². The van der Waals surface area contributed by atoms with E-state index in [1.54, 1.807) is 25.3 Å². The normalized spacial score (nSPS) is 17.6. The zero-order chi connectivity index (χ0) is 14.5. The standard InChI is InChI=1S/C16H23NO3/c1-20-14-9-5-8-12(15(14)17)13(16(18)19)10-11-6-3-2-4-7-11/h5,8-9,11,13H,2-4,6-7,10,17H2,1H3,(H,18,19). The van der Waals surface area contributed by atoms with Crippen LogP contribution in [-0.2, 0) is 4.79 Å². The Morgan fingerprint density at radius 3 is 2.70 bits per heavy atom. The summed E-state index contributed by atoms with van der Waals surface area (Å²) in [7, 11) is 1.55. The van der Waals surface area contributed by atoms with Crippen molar-refractivity contribution >= 4 is 11.7 Å². The number of nitrogens with two attached hydrogens (primary N) is 1. The van der Waals surface area contributed by atoms with Crippen LogP contribution >= 0.6 is 0 Å². The van der Waals surface area contributed by atoms with Crippen molar-refractivity contribution in [2.45, 2.75) is 44.4 Å². The number of benzene rings is 1. The van der Waals surface area contributed by atoms with Crippen LogP contribution in [0.2, 0.25) is 0 Å². The molecule has 1 aromatic carbocycles.